The van der Waals surface area contributed by atoms with E-state index in [9.17, 15) is 0 Å². The van der Waals surface area contributed by atoms with E-state index in [1.165, 1.54) is 25.5 Å². The summed E-state index contributed by atoms with van der Waals surface area (Å²) in [5.41, 5.74) is 0. The summed E-state index contributed by atoms with van der Waals surface area (Å²) >= 11 is 0. The van der Waals surface area contributed by atoms with E-state index in [1.54, 1.807) is 0 Å². The molecule has 0 aliphatic heterocycles. The molecule has 10 heavy (non-hydrogen) atoms. The van der Waals surface area contributed by atoms with Crippen LogP contribution in [-0.2, 0) is 4.74 Å². The summed E-state index contributed by atoms with van der Waals surface area (Å²) in [5, 5.41) is 0. The Kier molecular flexibility index (Phi) is 6.35. The Hall–Kier alpha value is -0.460. The van der Waals surface area contributed by atoms with Gasteiger partial charge in [-0.2, -0.15) is 0 Å². The molecule has 0 amide bonds. The SMILES string of the molecule is C=COCC(C)CCCC. The van der Waals surface area contributed by atoms with Gasteiger partial charge in [-0.1, -0.05) is 33.3 Å². The fourth-order valence-corrected chi connectivity index (χ4v) is 0.868. The molecule has 0 bridgehead atoms. The van der Waals surface area contributed by atoms with E-state index in [1.807, 2.05) is 0 Å². The van der Waals surface area contributed by atoms with Crippen LogP contribution in [0, 0.1) is 5.92 Å². The summed E-state index contributed by atoms with van der Waals surface area (Å²) in [7, 11) is 0. The summed E-state index contributed by atoms with van der Waals surface area (Å²) in [5.74, 6) is 0.679. The van der Waals surface area contributed by atoms with Crippen LogP contribution in [0.2, 0.25) is 0 Å². The van der Waals surface area contributed by atoms with Crippen molar-refractivity contribution in [1.29, 1.82) is 0 Å². The van der Waals surface area contributed by atoms with Gasteiger partial charge >= 0.3 is 0 Å². The highest BCUT2D eigenvalue weighted by atomic mass is 16.5. The average Bonchev–Trinajstić information content (AvgIpc) is 1.97. The first-order chi connectivity index (χ1) is 4.81. The number of rotatable bonds is 6. The van der Waals surface area contributed by atoms with Gasteiger partial charge in [0.1, 0.15) is 0 Å². The zero-order valence-electron chi connectivity index (χ0n) is 7.10. The summed E-state index contributed by atoms with van der Waals surface area (Å²) in [6.07, 6.45) is 5.37. The molecule has 1 unspecified atom stereocenters. The van der Waals surface area contributed by atoms with Crippen molar-refractivity contribution in [3.8, 4) is 0 Å². The number of ether oxygens (including phenoxy) is 1. The normalized spacial score (nSPS) is 12.6. The Morgan fingerprint density at radius 3 is 2.80 bits per heavy atom. The molecule has 1 heteroatoms. The minimum absolute atomic E-state index is 0.679. The zero-order valence-corrected chi connectivity index (χ0v) is 7.10. The maximum absolute atomic E-state index is 5.06. The molecular formula is C9H18O. The smallest absolute Gasteiger partial charge is 0.0898 e. The van der Waals surface area contributed by atoms with Crippen LogP contribution in [0.25, 0.3) is 0 Å². The second-order valence-electron chi connectivity index (χ2n) is 2.75. The molecular weight excluding hydrogens is 124 g/mol. The summed E-state index contributed by atoms with van der Waals surface area (Å²) in [6, 6.07) is 0. The minimum Gasteiger partial charge on any atom is -0.502 e. The standard InChI is InChI=1S/C9H18O/c1-4-6-7-9(3)8-10-5-2/h5,9H,2,4,6-8H2,1,3H3. The Balaban J connectivity index is 3.07. The molecule has 0 aliphatic carbocycles. The highest BCUT2D eigenvalue weighted by molar-refractivity contribution is 4.55. The first kappa shape index (κ1) is 9.54. The molecule has 1 atom stereocenters. The first-order valence-electron chi connectivity index (χ1n) is 4.03. The number of unbranched alkanes of at least 4 members (excludes halogenated alkanes) is 1. The molecule has 0 rings (SSSR count). The second-order valence-corrected chi connectivity index (χ2v) is 2.75. The Bertz CT molecular complexity index is 78.8. The Morgan fingerprint density at radius 1 is 1.60 bits per heavy atom. The minimum atomic E-state index is 0.679. The Morgan fingerprint density at radius 2 is 2.30 bits per heavy atom. The van der Waals surface area contributed by atoms with Crippen molar-refractivity contribution >= 4 is 0 Å². The Labute approximate surface area is 64.1 Å². The van der Waals surface area contributed by atoms with Gasteiger partial charge in [0.05, 0.1) is 12.9 Å². The fraction of sp³-hybridized carbons (Fsp3) is 0.778. The lowest BCUT2D eigenvalue weighted by Gasteiger charge is -2.08. The quantitative estimate of drug-likeness (QED) is 0.518. The van der Waals surface area contributed by atoms with Crippen LogP contribution >= 0.6 is 0 Å². The van der Waals surface area contributed by atoms with Gasteiger partial charge in [0.25, 0.3) is 0 Å². The maximum Gasteiger partial charge on any atom is 0.0898 e. The van der Waals surface area contributed by atoms with E-state index in [0.29, 0.717) is 5.92 Å². The van der Waals surface area contributed by atoms with Crippen LogP contribution in [-0.4, -0.2) is 6.61 Å². The van der Waals surface area contributed by atoms with Crippen molar-refractivity contribution in [1.82, 2.24) is 0 Å². The van der Waals surface area contributed by atoms with Crippen molar-refractivity contribution < 1.29 is 4.74 Å². The monoisotopic (exact) mass is 142 g/mol. The predicted octanol–water partition coefficient (Wildman–Crippen LogP) is 2.97. The molecule has 0 aliphatic rings. The predicted molar refractivity (Wildman–Crippen MR) is 44.8 cm³/mol. The highest BCUT2D eigenvalue weighted by Gasteiger charge is 1.99. The topological polar surface area (TPSA) is 9.23 Å². The van der Waals surface area contributed by atoms with Crippen LogP contribution < -0.4 is 0 Å². The molecule has 60 valence electrons. The maximum atomic E-state index is 5.06. The van der Waals surface area contributed by atoms with E-state index in [0.717, 1.165) is 6.61 Å². The zero-order chi connectivity index (χ0) is 7.82. The van der Waals surface area contributed by atoms with Gasteiger partial charge in [0.15, 0.2) is 0 Å². The summed E-state index contributed by atoms with van der Waals surface area (Å²) in [4.78, 5) is 0. The molecule has 0 fully saturated rings. The van der Waals surface area contributed by atoms with Gasteiger partial charge in [0.2, 0.25) is 0 Å². The van der Waals surface area contributed by atoms with Crippen molar-refractivity contribution in [3.63, 3.8) is 0 Å². The molecule has 0 heterocycles. The van der Waals surface area contributed by atoms with Crippen LogP contribution in [0.3, 0.4) is 0 Å². The van der Waals surface area contributed by atoms with Crippen LogP contribution in [0.15, 0.2) is 12.8 Å². The van der Waals surface area contributed by atoms with Gasteiger partial charge in [0, 0.05) is 0 Å². The molecule has 0 aromatic heterocycles. The van der Waals surface area contributed by atoms with Gasteiger partial charge in [-0.3, -0.25) is 0 Å². The lowest BCUT2D eigenvalue weighted by molar-refractivity contribution is 0.197. The van der Waals surface area contributed by atoms with E-state index in [4.69, 9.17) is 4.74 Å². The molecule has 0 radical (unpaired) electrons. The lowest BCUT2D eigenvalue weighted by atomic mass is 10.1. The van der Waals surface area contributed by atoms with Gasteiger partial charge in [-0.15, -0.1) is 0 Å². The van der Waals surface area contributed by atoms with Crippen molar-refractivity contribution in [2.24, 2.45) is 5.92 Å². The number of hydrogen-bond acceptors (Lipinski definition) is 1. The molecule has 1 nitrogen and oxygen atoms in total. The van der Waals surface area contributed by atoms with E-state index in [2.05, 4.69) is 20.4 Å². The van der Waals surface area contributed by atoms with Crippen molar-refractivity contribution in [2.45, 2.75) is 33.1 Å². The highest BCUT2D eigenvalue weighted by Crippen LogP contribution is 2.07. The second kappa shape index (κ2) is 6.66. The van der Waals surface area contributed by atoms with Crippen molar-refractivity contribution in [2.75, 3.05) is 6.61 Å². The molecule has 0 saturated carbocycles. The molecule has 0 saturated heterocycles. The summed E-state index contributed by atoms with van der Waals surface area (Å²) < 4.78 is 5.06. The van der Waals surface area contributed by atoms with E-state index in [-0.39, 0.29) is 0 Å². The van der Waals surface area contributed by atoms with Gasteiger partial charge in [-0.25, -0.2) is 0 Å². The third kappa shape index (κ3) is 5.67. The van der Waals surface area contributed by atoms with Crippen LogP contribution in [0.1, 0.15) is 33.1 Å². The largest absolute Gasteiger partial charge is 0.502 e. The van der Waals surface area contributed by atoms with Gasteiger partial charge < -0.3 is 4.74 Å². The third-order valence-electron chi connectivity index (χ3n) is 1.55. The van der Waals surface area contributed by atoms with Crippen molar-refractivity contribution in [3.05, 3.63) is 12.8 Å². The molecule has 0 aromatic rings. The summed E-state index contributed by atoms with van der Waals surface area (Å²) in [6.45, 7) is 8.73. The molecule has 0 aromatic carbocycles. The molecule has 0 N–H and O–H groups in total. The van der Waals surface area contributed by atoms with E-state index >= 15 is 0 Å². The average molecular weight is 142 g/mol. The van der Waals surface area contributed by atoms with E-state index < -0.39 is 0 Å². The molecule has 0 spiro atoms. The first-order valence-corrected chi connectivity index (χ1v) is 4.03. The fourth-order valence-electron chi connectivity index (χ4n) is 0.868. The van der Waals surface area contributed by atoms with Crippen LogP contribution in [0.5, 0.6) is 0 Å². The van der Waals surface area contributed by atoms with Crippen LogP contribution in [0.4, 0.5) is 0 Å². The van der Waals surface area contributed by atoms with Gasteiger partial charge in [-0.05, 0) is 12.3 Å². The third-order valence-corrected chi connectivity index (χ3v) is 1.55. The number of hydrogen-bond donors (Lipinski definition) is 0. The lowest BCUT2D eigenvalue weighted by Crippen LogP contribution is -2.02.